The molecule has 2 aromatic rings. The quantitative estimate of drug-likeness (QED) is 0.887. The summed E-state index contributed by atoms with van der Waals surface area (Å²) in [5, 5.41) is 3.33. The monoisotopic (exact) mass is 289 g/mol. The molecule has 0 bridgehead atoms. The number of aryl methyl sites for hydroxylation is 1. The van der Waals surface area contributed by atoms with Crippen LogP contribution in [-0.4, -0.2) is 18.1 Å². The highest BCUT2D eigenvalue weighted by Gasteiger charge is 2.21. The summed E-state index contributed by atoms with van der Waals surface area (Å²) >= 11 is 0. The number of rotatable bonds is 6. The summed E-state index contributed by atoms with van der Waals surface area (Å²) in [5.41, 5.74) is 0.661. The van der Waals surface area contributed by atoms with Gasteiger partial charge in [-0.2, -0.15) is 0 Å². The maximum atomic E-state index is 14.5. The Morgan fingerprint density at radius 3 is 2.86 bits per heavy atom. The third kappa shape index (κ3) is 3.42. The molecule has 0 aliphatic heterocycles. The lowest BCUT2D eigenvalue weighted by Gasteiger charge is -2.18. The number of halogens is 1. The van der Waals surface area contributed by atoms with Gasteiger partial charge >= 0.3 is 0 Å². The van der Waals surface area contributed by atoms with Crippen molar-refractivity contribution in [3.63, 3.8) is 0 Å². The Hall–Kier alpha value is -1.88. The lowest BCUT2D eigenvalue weighted by atomic mass is 10.2. The largest absolute Gasteiger partial charge is 0.464 e. The van der Waals surface area contributed by atoms with Crippen molar-refractivity contribution in [3.05, 3.63) is 47.3 Å². The van der Waals surface area contributed by atoms with Gasteiger partial charge in [-0.3, -0.25) is 0 Å². The second-order valence-electron chi connectivity index (χ2n) is 5.63. The van der Waals surface area contributed by atoms with Gasteiger partial charge in [0.2, 0.25) is 0 Å². The molecule has 1 fully saturated rings. The second-order valence-corrected chi connectivity index (χ2v) is 5.63. The van der Waals surface area contributed by atoms with E-state index >= 15 is 0 Å². The van der Waals surface area contributed by atoms with Gasteiger partial charge in [-0.05, 0) is 38.0 Å². The molecule has 1 aliphatic rings. The molecule has 5 heteroatoms. The predicted octanol–water partition coefficient (Wildman–Crippen LogP) is 3.01. The molecule has 4 nitrogen and oxygen atoms in total. The number of furan rings is 1. The van der Waals surface area contributed by atoms with Gasteiger partial charge in [-0.1, -0.05) is 0 Å². The van der Waals surface area contributed by atoms with E-state index in [1.807, 2.05) is 26.1 Å². The molecule has 1 N–H and O–H groups in total. The number of nitrogens with zero attached hydrogens (tertiary/aromatic N) is 2. The first kappa shape index (κ1) is 14.1. The van der Waals surface area contributed by atoms with Crippen molar-refractivity contribution < 1.29 is 8.81 Å². The molecule has 0 amide bonds. The van der Waals surface area contributed by atoms with Gasteiger partial charge in [0, 0.05) is 31.4 Å². The lowest BCUT2D eigenvalue weighted by molar-refractivity contribution is 0.479. The summed E-state index contributed by atoms with van der Waals surface area (Å²) in [4.78, 5) is 5.94. The molecule has 1 aliphatic carbocycles. The Balaban J connectivity index is 1.72. The molecular weight excluding hydrogens is 269 g/mol. The fraction of sp³-hybridized carbons (Fsp3) is 0.438. The lowest BCUT2D eigenvalue weighted by Crippen LogP contribution is -2.21. The van der Waals surface area contributed by atoms with E-state index in [0.717, 1.165) is 11.5 Å². The number of hydrogen-bond acceptors (Lipinski definition) is 4. The molecule has 0 atom stereocenters. The molecular formula is C16H20FN3O. The van der Waals surface area contributed by atoms with Crippen molar-refractivity contribution in [2.24, 2.45) is 0 Å². The van der Waals surface area contributed by atoms with Crippen molar-refractivity contribution >= 4 is 5.82 Å². The molecule has 0 saturated heterocycles. The first-order chi connectivity index (χ1) is 10.1. The van der Waals surface area contributed by atoms with Crippen LogP contribution in [0.25, 0.3) is 0 Å². The van der Waals surface area contributed by atoms with E-state index in [-0.39, 0.29) is 5.82 Å². The fourth-order valence-electron chi connectivity index (χ4n) is 2.29. The maximum absolute atomic E-state index is 14.5. The summed E-state index contributed by atoms with van der Waals surface area (Å²) in [6.07, 6.45) is 4.04. The molecule has 0 radical (unpaired) electrons. The Bertz CT molecular complexity index is 622. The Morgan fingerprint density at radius 1 is 1.38 bits per heavy atom. The Labute approximate surface area is 124 Å². The number of anilines is 1. The smallest absolute Gasteiger partial charge is 0.170 e. The molecule has 3 rings (SSSR count). The topological polar surface area (TPSA) is 41.3 Å². The van der Waals surface area contributed by atoms with Gasteiger partial charge in [-0.25, -0.2) is 9.37 Å². The van der Waals surface area contributed by atoms with E-state index in [4.69, 9.17) is 4.42 Å². The van der Waals surface area contributed by atoms with Gasteiger partial charge < -0.3 is 14.6 Å². The summed E-state index contributed by atoms with van der Waals surface area (Å²) in [6.45, 7) is 2.95. The summed E-state index contributed by atoms with van der Waals surface area (Å²) in [6, 6.07) is 6.11. The van der Waals surface area contributed by atoms with Crippen molar-refractivity contribution in [2.75, 3.05) is 11.9 Å². The van der Waals surface area contributed by atoms with Crippen LogP contribution in [0, 0.1) is 12.7 Å². The minimum atomic E-state index is -0.253. The van der Waals surface area contributed by atoms with Crippen LogP contribution in [0.3, 0.4) is 0 Å². The zero-order chi connectivity index (χ0) is 14.8. The van der Waals surface area contributed by atoms with E-state index in [9.17, 15) is 4.39 Å². The van der Waals surface area contributed by atoms with Crippen molar-refractivity contribution in [3.8, 4) is 0 Å². The zero-order valence-corrected chi connectivity index (χ0v) is 12.4. The molecule has 0 aromatic carbocycles. The normalized spacial score (nSPS) is 14.4. The Kier molecular flexibility index (Phi) is 3.92. The zero-order valence-electron chi connectivity index (χ0n) is 12.4. The van der Waals surface area contributed by atoms with Crippen LogP contribution in [0.2, 0.25) is 0 Å². The van der Waals surface area contributed by atoms with E-state index < -0.39 is 0 Å². The SMILES string of the molecule is Cc1ccc(CN(C)c2nccc(CNC3CC3)c2F)o1. The molecule has 2 heterocycles. The van der Waals surface area contributed by atoms with E-state index in [0.29, 0.717) is 30.5 Å². The van der Waals surface area contributed by atoms with E-state index in [1.165, 1.54) is 12.8 Å². The van der Waals surface area contributed by atoms with E-state index in [1.54, 1.807) is 17.2 Å². The average molecular weight is 289 g/mol. The molecule has 21 heavy (non-hydrogen) atoms. The van der Waals surface area contributed by atoms with Crippen LogP contribution in [0.15, 0.2) is 28.8 Å². The van der Waals surface area contributed by atoms with Crippen LogP contribution < -0.4 is 10.2 Å². The van der Waals surface area contributed by atoms with Gasteiger partial charge in [-0.15, -0.1) is 0 Å². The fourth-order valence-corrected chi connectivity index (χ4v) is 2.29. The summed E-state index contributed by atoms with van der Waals surface area (Å²) in [7, 11) is 1.82. The molecule has 2 aromatic heterocycles. The first-order valence-electron chi connectivity index (χ1n) is 7.26. The average Bonchev–Trinajstić information content (AvgIpc) is 3.20. The van der Waals surface area contributed by atoms with Crippen LogP contribution in [-0.2, 0) is 13.1 Å². The van der Waals surface area contributed by atoms with Crippen LogP contribution in [0.5, 0.6) is 0 Å². The number of aromatic nitrogens is 1. The minimum Gasteiger partial charge on any atom is -0.464 e. The standard InChI is InChI=1S/C16H20FN3O/c1-11-3-6-14(21-11)10-20(2)16-15(17)12(7-8-18-16)9-19-13-4-5-13/h3,6-8,13,19H,4-5,9-10H2,1-2H3. The highest BCUT2D eigenvalue weighted by Crippen LogP contribution is 2.23. The number of hydrogen-bond donors (Lipinski definition) is 1. The van der Waals surface area contributed by atoms with Crippen LogP contribution in [0.4, 0.5) is 10.2 Å². The third-order valence-electron chi connectivity index (χ3n) is 3.66. The molecule has 0 spiro atoms. The minimum absolute atomic E-state index is 0.253. The highest BCUT2D eigenvalue weighted by molar-refractivity contribution is 5.42. The molecule has 112 valence electrons. The maximum Gasteiger partial charge on any atom is 0.170 e. The van der Waals surface area contributed by atoms with Crippen molar-refractivity contribution in [1.29, 1.82) is 0 Å². The summed E-state index contributed by atoms with van der Waals surface area (Å²) < 4.78 is 20.1. The second kappa shape index (κ2) is 5.85. The molecule has 1 saturated carbocycles. The number of nitrogens with one attached hydrogen (secondary N) is 1. The van der Waals surface area contributed by atoms with Crippen molar-refractivity contribution in [1.82, 2.24) is 10.3 Å². The van der Waals surface area contributed by atoms with Gasteiger partial charge in [0.05, 0.1) is 6.54 Å². The van der Waals surface area contributed by atoms with Crippen molar-refractivity contribution in [2.45, 2.75) is 38.9 Å². The predicted molar refractivity (Wildman–Crippen MR) is 79.6 cm³/mol. The molecule has 0 unspecified atom stereocenters. The first-order valence-corrected chi connectivity index (χ1v) is 7.26. The summed E-state index contributed by atoms with van der Waals surface area (Å²) in [5.74, 6) is 1.77. The van der Waals surface area contributed by atoms with Gasteiger partial charge in [0.1, 0.15) is 11.5 Å². The van der Waals surface area contributed by atoms with Gasteiger partial charge in [0.15, 0.2) is 11.6 Å². The van der Waals surface area contributed by atoms with Crippen LogP contribution in [0.1, 0.15) is 29.9 Å². The highest BCUT2D eigenvalue weighted by atomic mass is 19.1. The number of pyridine rings is 1. The Morgan fingerprint density at radius 2 is 2.19 bits per heavy atom. The van der Waals surface area contributed by atoms with Gasteiger partial charge in [0.25, 0.3) is 0 Å². The van der Waals surface area contributed by atoms with Crippen LogP contribution >= 0.6 is 0 Å². The third-order valence-corrected chi connectivity index (χ3v) is 3.66. The van der Waals surface area contributed by atoms with E-state index in [2.05, 4.69) is 10.3 Å².